The molecule has 0 aliphatic rings. The second-order valence-electron chi connectivity index (χ2n) is 6.92. The van der Waals surface area contributed by atoms with Gasteiger partial charge in [-0.2, -0.15) is 0 Å². The molecule has 2 amide bonds. The molecule has 31 heavy (non-hydrogen) atoms. The van der Waals surface area contributed by atoms with Gasteiger partial charge in [0.25, 0.3) is 11.8 Å². The highest BCUT2D eigenvalue weighted by molar-refractivity contribution is 6.04. The molecule has 0 spiro atoms. The first kappa shape index (κ1) is 21.8. The van der Waals surface area contributed by atoms with Gasteiger partial charge in [0.15, 0.2) is 0 Å². The van der Waals surface area contributed by atoms with Crippen LogP contribution in [0.1, 0.15) is 50.0 Å². The molecule has 0 saturated carbocycles. The molecule has 0 unspecified atom stereocenters. The summed E-state index contributed by atoms with van der Waals surface area (Å²) in [5, 5.41) is 5.64. The Labute approximate surface area is 181 Å². The summed E-state index contributed by atoms with van der Waals surface area (Å²) in [5.74, 6) is -0.862. The number of hydrogen-bond donors (Lipinski definition) is 2. The van der Waals surface area contributed by atoms with E-state index in [2.05, 4.69) is 10.6 Å². The number of rotatable bonds is 8. The first-order valence-electron chi connectivity index (χ1n) is 10.1. The summed E-state index contributed by atoms with van der Waals surface area (Å²) in [6.07, 6.45) is 0.744. The Morgan fingerprint density at radius 3 is 2.16 bits per heavy atom. The van der Waals surface area contributed by atoms with Crippen LogP contribution in [0.15, 0.2) is 78.9 Å². The van der Waals surface area contributed by atoms with E-state index in [1.807, 2.05) is 25.1 Å². The van der Waals surface area contributed by atoms with Gasteiger partial charge in [0.2, 0.25) is 0 Å². The molecule has 0 bridgehead atoms. The zero-order chi connectivity index (χ0) is 22.1. The Morgan fingerprint density at radius 1 is 0.774 bits per heavy atom. The van der Waals surface area contributed by atoms with E-state index in [4.69, 9.17) is 4.74 Å². The van der Waals surface area contributed by atoms with Gasteiger partial charge in [0.1, 0.15) is 0 Å². The molecule has 0 heterocycles. The zero-order valence-electron chi connectivity index (χ0n) is 17.3. The van der Waals surface area contributed by atoms with Crippen molar-refractivity contribution in [1.82, 2.24) is 5.32 Å². The first-order chi connectivity index (χ1) is 15.1. The van der Waals surface area contributed by atoms with Gasteiger partial charge in [0.05, 0.1) is 12.2 Å². The number of carbonyl (C=O) groups excluding carboxylic acids is 3. The summed E-state index contributed by atoms with van der Waals surface area (Å²) in [4.78, 5) is 36.6. The third-order valence-corrected chi connectivity index (χ3v) is 4.50. The Bertz CT molecular complexity index is 1050. The van der Waals surface area contributed by atoms with E-state index < -0.39 is 5.97 Å². The summed E-state index contributed by atoms with van der Waals surface area (Å²) in [7, 11) is 0. The maximum atomic E-state index is 12.5. The molecule has 0 fully saturated rings. The molecule has 2 N–H and O–H groups in total. The van der Waals surface area contributed by atoms with Gasteiger partial charge in [-0.15, -0.1) is 0 Å². The molecule has 0 atom stereocenters. The monoisotopic (exact) mass is 416 g/mol. The second kappa shape index (κ2) is 10.7. The minimum absolute atomic E-state index is 0.153. The van der Waals surface area contributed by atoms with Gasteiger partial charge >= 0.3 is 5.97 Å². The van der Waals surface area contributed by atoms with Crippen molar-refractivity contribution in [2.75, 3.05) is 11.9 Å². The number of esters is 1. The van der Waals surface area contributed by atoms with Crippen LogP contribution < -0.4 is 10.6 Å². The van der Waals surface area contributed by atoms with Crippen LogP contribution in [0.2, 0.25) is 0 Å². The smallest absolute Gasteiger partial charge is 0.338 e. The van der Waals surface area contributed by atoms with Gasteiger partial charge in [-0.3, -0.25) is 9.59 Å². The average Bonchev–Trinajstić information content (AvgIpc) is 2.82. The zero-order valence-corrected chi connectivity index (χ0v) is 17.3. The summed E-state index contributed by atoms with van der Waals surface area (Å²) >= 11 is 0. The van der Waals surface area contributed by atoms with Crippen molar-refractivity contribution in [1.29, 1.82) is 0 Å². The Hall–Kier alpha value is -3.93. The highest BCUT2D eigenvalue weighted by Crippen LogP contribution is 2.14. The molecule has 0 radical (unpaired) electrons. The number of carbonyl (C=O) groups is 3. The van der Waals surface area contributed by atoms with Crippen LogP contribution >= 0.6 is 0 Å². The number of anilines is 1. The molecular formula is C25H24N2O4. The van der Waals surface area contributed by atoms with Gasteiger partial charge < -0.3 is 15.4 Å². The van der Waals surface area contributed by atoms with Crippen LogP contribution in [-0.4, -0.2) is 24.4 Å². The van der Waals surface area contributed by atoms with Crippen LogP contribution in [0, 0.1) is 0 Å². The number of benzene rings is 3. The molecule has 0 aliphatic carbocycles. The fourth-order valence-electron chi connectivity index (χ4n) is 2.85. The van der Waals surface area contributed by atoms with Crippen molar-refractivity contribution >= 4 is 23.5 Å². The lowest BCUT2D eigenvalue weighted by molar-refractivity contribution is 0.0505. The minimum Gasteiger partial charge on any atom is -0.462 e. The topological polar surface area (TPSA) is 84.5 Å². The summed E-state index contributed by atoms with van der Waals surface area (Å²) in [5.41, 5.74) is 2.84. The first-order valence-corrected chi connectivity index (χ1v) is 10.1. The van der Waals surface area contributed by atoms with Gasteiger partial charge in [-0.05, 0) is 54.4 Å². The summed E-state index contributed by atoms with van der Waals surface area (Å²) in [6.45, 7) is 2.64. The number of nitrogens with one attached hydrogen (secondary N) is 2. The molecule has 3 aromatic carbocycles. The van der Waals surface area contributed by atoms with E-state index in [1.54, 1.807) is 60.7 Å². The lowest BCUT2D eigenvalue weighted by Gasteiger charge is -2.09. The van der Waals surface area contributed by atoms with E-state index >= 15 is 0 Å². The molecule has 158 valence electrons. The molecule has 6 heteroatoms. The van der Waals surface area contributed by atoms with Crippen LogP contribution in [0.3, 0.4) is 0 Å². The maximum absolute atomic E-state index is 12.5. The van der Waals surface area contributed by atoms with Gasteiger partial charge in [0, 0.05) is 23.4 Å². The Morgan fingerprint density at radius 2 is 1.45 bits per heavy atom. The van der Waals surface area contributed by atoms with Crippen LogP contribution in [0.5, 0.6) is 0 Å². The third kappa shape index (κ3) is 6.27. The quantitative estimate of drug-likeness (QED) is 0.532. The predicted molar refractivity (Wildman–Crippen MR) is 119 cm³/mol. The molecular weight excluding hydrogens is 392 g/mol. The fourth-order valence-corrected chi connectivity index (χ4v) is 2.85. The van der Waals surface area contributed by atoms with E-state index in [0.29, 0.717) is 35.5 Å². The largest absolute Gasteiger partial charge is 0.462 e. The highest BCUT2D eigenvalue weighted by atomic mass is 16.5. The normalized spacial score (nSPS) is 10.2. The minimum atomic E-state index is -0.417. The van der Waals surface area contributed by atoms with Crippen LogP contribution in [0.4, 0.5) is 5.69 Å². The summed E-state index contributed by atoms with van der Waals surface area (Å²) in [6, 6.07) is 22.6. The number of amides is 2. The van der Waals surface area contributed by atoms with Crippen LogP contribution in [0.25, 0.3) is 0 Å². The maximum Gasteiger partial charge on any atom is 0.338 e. The van der Waals surface area contributed by atoms with Gasteiger partial charge in [-0.25, -0.2) is 4.79 Å². The fraction of sp³-hybridized carbons (Fsp3) is 0.160. The average molecular weight is 416 g/mol. The molecule has 3 aromatic rings. The third-order valence-electron chi connectivity index (χ3n) is 4.50. The van der Waals surface area contributed by atoms with E-state index in [1.165, 1.54) is 0 Å². The van der Waals surface area contributed by atoms with Crippen molar-refractivity contribution in [3.05, 3.63) is 101 Å². The van der Waals surface area contributed by atoms with Crippen molar-refractivity contribution in [3.63, 3.8) is 0 Å². The van der Waals surface area contributed by atoms with Crippen molar-refractivity contribution in [2.24, 2.45) is 0 Å². The highest BCUT2D eigenvalue weighted by Gasteiger charge is 2.11. The van der Waals surface area contributed by atoms with Gasteiger partial charge in [-0.1, -0.05) is 43.3 Å². The van der Waals surface area contributed by atoms with E-state index in [9.17, 15) is 14.4 Å². The second-order valence-corrected chi connectivity index (χ2v) is 6.92. The van der Waals surface area contributed by atoms with E-state index in [0.717, 1.165) is 12.0 Å². The van der Waals surface area contributed by atoms with E-state index in [-0.39, 0.29) is 11.8 Å². The Balaban J connectivity index is 1.57. The molecule has 0 saturated heterocycles. The predicted octanol–water partition coefficient (Wildman–Crippen LogP) is 4.44. The van der Waals surface area contributed by atoms with Crippen molar-refractivity contribution in [3.8, 4) is 0 Å². The van der Waals surface area contributed by atoms with Crippen LogP contribution in [-0.2, 0) is 11.3 Å². The summed E-state index contributed by atoms with van der Waals surface area (Å²) < 4.78 is 5.12. The SMILES string of the molecule is CCCOC(=O)c1cccc(NC(=O)c2ccc(CNC(=O)c3ccccc3)cc2)c1. The molecule has 0 aromatic heterocycles. The lowest BCUT2D eigenvalue weighted by atomic mass is 10.1. The number of ether oxygens (including phenoxy) is 1. The molecule has 6 nitrogen and oxygen atoms in total. The molecule has 3 rings (SSSR count). The standard InChI is InChI=1S/C25H24N2O4/c1-2-15-31-25(30)21-9-6-10-22(16-21)27-24(29)20-13-11-18(12-14-20)17-26-23(28)19-7-4-3-5-8-19/h3-14,16H,2,15,17H2,1H3,(H,26,28)(H,27,29). The number of hydrogen-bond acceptors (Lipinski definition) is 4. The Kier molecular flexibility index (Phi) is 7.54. The molecule has 0 aliphatic heterocycles. The van der Waals surface area contributed by atoms with Crippen molar-refractivity contribution < 1.29 is 19.1 Å². The van der Waals surface area contributed by atoms with Crippen molar-refractivity contribution in [2.45, 2.75) is 19.9 Å². The lowest BCUT2D eigenvalue weighted by Crippen LogP contribution is -2.22.